The van der Waals surface area contributed by atoms with Crippen LogP contribution in [0.2, 0.25) is 0 Å². The lowest BCUT2D eigenvalue weighted by molar-refractivity contribution is -0.175. The average molecular weight is 723 g/mol. The van der Waals surface area contributed by atoms with E-state index in [1.807, 2.05) is 0 Å². The predicted molar refractivity (Wildman–Crippen MR) is 212 cm³/mol. The highest BCUT2D eigenvalue weighted by Crippen LogP contribution is 2.71. The summed E-state index contributed by atoms with van der Waals surface area (Å²) in [4.78, 5) is 11.1. The molecule has 19 atom stereocenters. The molecule has 4 heteroatoms. The lowest BCUT2D eigenvalue weighted by Gasteiger charge is -2.63. The molecule has 8 fully saturated rings. The monoisotopic (exact) mass is 723 g/mol. The summed E-state index contributed by atoms with van der Waals surface area (Å²) in [7, 11) is 0. The molecular formula is C48H82O4. The molecule has 0 unspecified atom stereocenters. The fraction of sp³-hybridized carbons (Fsp3) is 0.979. The summed E-state index contributed by atoms with van der Waals surface area (Å²) in [5.41, 5.74) is 1.54. The normalized spacial score (nSPS) is 54.3. The van der Waals surface area contributed by atoms with Crippen molar-refractivity contribution in [2.45, 2.75) is 190 Å². The van der Waals surface area contributed by atoms with Gasteiger partial charge < -0.3 is 15.3 Å². The molecule has 8 rings (SSSR count). The summed E-state index contributed by atoms with van der Waals surface area (Å²) >= 11 is 0. The Hall–Kier alpha value is -0.610. The van der Waals surface area contributed by atoms with Gasteiger partial charge in [0.05, 0.1) is 12.2 Å². The van der Waals surface area contributed by atoms with Crippen LogP contribution in [0.1, 0.15) is 178 Å². The van der Waals surface area contributed by atoms with Crippen molar-refractivity contribution in [3.05, 3.63) is 0 Å². The van der Waals surface area contributed by atoms with Gasteiger partial charge in [-0.1, -0.05) is 68.7 Å². The van der Waals surface area contributed by atoms with Gasteiger partial charge in [-0.05, 0) is 207 Å². The number of hydrogen-bond donors (Lipinski definition) is 3. The smallest absolute Gasteiger partial charge is 0.303 e. The largest absolute Gasteiger partial charge is 0.481 e. The van der Waals surface area contributed by atoms with Crippen LogP contribution in [0.5, 0.6) is 0 Å². The van der Waals surface area contributed by atoms with Gasteiger partial charge in [0.25, 0.3) is 0 Å². The maximum Gasteiger partial charge on any atom is 0.303 e. The molecule has 4 nitrogen and oxygen atoms in total. The molecule has 0 amide bonds. The molecule has 0 aliphatic heterocycles. The average Bonchev–Trinajstić information content (AvgIpc) is 3.65. The van der Waals surface area contributed by atoms with Crippen LogP contribution in [0.3, 0.4) is 0 Å². The van der Waals surface area contributed by atoms with Gasteiger partial charge >= 0.3 is 5.97 Å². The van der Waals surface area contributed by atoms with E-state index in [1.165, 1.54) is 44.9 Å². The van der Waals surface area contributed by atoms with Crippen LogP contribution in [0, 0.1) is 105 Å². The second-order valence-corrected chi connectivity index (χ2v) is 22.8. The summed E-state index contributed by atoms with van der Waals surface area (Å²) in [6.45, 7) is 22.6. The number of fused-ring (bicyclic) bond motifs is 10. The topological polar surface area (TPSA) is 77.8 Å². The molecule has 0 aromatic heterocycles. The maximum atomic E-state index is 11.5. The second kappa shape index (κ2) is 14.4. The molecule has 0 aromatic rings. The van der Waals surface area contributed by atoms with E-state index in [-0.39, 0.29) is 29.5 Å². The molecule has 0 aromatic carbocycles. The van der Waals surface area contributed by atoms with Crippen molar-refractivity contribution >= 4 is 5.97 Å². The van der Waals surface area contributed by atoms with Crippen LogP contribution < -0.4 is 0 Å². The highest BCUT2D eigenvalue weighted by Gasteiger charge is 2.65. The van der Waals surface area contributed by atoms with E-state index in [0.717, 1.165) is 85.9 Å². The molecule has 0 heterocycles. The van der Waals surface area contributed by atoms with E-state index in [2.05, 4.69) is 62.3 Å². The summed E-state index contributed by atoms with van der Waals surface area (Å²) < 4.78 is 0. The van der Waals surface area contributed by atoms with Crippen LogP contribution in [0.4, 0.5) is 0 Å². The zero-order valence-corrected chi connectivity index (χ0v) is 35.2. The lowest BCUT2D eigenvalue weighted by Crippen LogP contribution is -2.58. The van der Waals surface area contributed by atoms with Gasteiger partial charge in [0.1, 0.15) is 0 Å². The Morgan fingerprint density at radius 1 is 0.635 bits per heavy atom. The Balaban J connectivity index is 0.000000164. The first kappa shape index (κ1) is 39.6. The Morgan fingerprint density at radius 3 is 1.81 bits per heavy atom. The molecule has 0 radical (unpaired) electrons. The van der Waals surface area contributed by atoms with Crippen molar-refractivity contribution in [1.29, 1.82) is 0 Å². The van der Waals surface area contributed by atoms with Gasteiger partial charge in [0, 0.05) is 6.42 Å². The van der Waals surface area contributed by atoms with E-state index in [4.69, 9.17) is 5.11 Å². The first-order valence-corrected chi connectivity index (χ1v) is 23.0. The third-order valence-corrected chi connectivity index (χ3v) is 20.7. The van der Waals surface area contributed by atoms with E-state index >= 15 is 0 Å². The molecule has 0 saturated heterocycles. The number of aliphatic hydroxyl groups is 2. The summed E-state index contributed by atoms with van der Waals surface area (Å²) in [6.07, 6.45) is 21.5. The first-order chi connectivity index (χ1) is 24.5. The van der Waals surface area contributed by atoms with Gasteiger partial charge in [-0.2, -0.15) is 0 Å². The lowest BCUT2D eigenvalue weighted by atomic mass is 9.42. The number of carboxylic acids is 1. The van der Waals surface area contributed by atoms with Gasteiger partial charge in [-0.25, -0.2) is 0 Å². The zero-order valence-electron chi connectivity index (χ0n) is 35.2. The predicted octanol–water partition coefficient (Wildman–Crippen LogP) is 11.7. The van der Waals surface area contributed by atoms with Gasteiger partial charge in [-0.3, -0.25) is 4.79 Å². The van der Waals surface area contributed by atoms with E-state index in [9.17, 15) is 15.0 Å². The summed E-state index contributed by atoms with van der Waals surface area (Å²) in [6, 6.07) is 0. The third-order valence-electron chi connectivity index (χ3n) is 20.7. The summed E-state index contributed by atoms with van der Waals surface area (Å²) in [5.74, 6) is 10.5. The van der Waals surface area contributed by atoms with Gasteiger partial charge in [-0.15, -0.1) is 0 Å². The number of hydrogen-bond acceptors (Lipinski definition) is 3. The van der Waals surface area contributed by atoms with Crippen LogP contribution in [0.15, 0.2) is 0 Å². The Kier molecular flexibility index (Phi) is 11.0. The summed E-state index contributed by atoms with van der Waals surface area (Å²) in [5, 5.41) is 30.8. The van der Waals surface area contributed by atoms with Crippen molar-refractivity contribution in [2.75, 3.05) is 0 Å². The third kappa shape index (κ3) is 6.22. The Labute approximate surface area is 319 Å². The quantitative estimate of drug-likeness (QED) is 0.264. The molecule has 8 aliphatic rings. The molecule has 8 aliphatic carbocycles. The number of aliphatic hydroxyl groups excluding tert-OH is 2. The van der Waals surface area contributed by atoms with Gasteiger partial charge in [0.15, 0.2) is 0 Å². The van der Waals surface area contributed by atoms with Gasteiger partial charge in [0.2, 0.25) is 0 Å². The minimum Gasteiger partial charge on any atom is -0.481 e. The second-order valence-electron chi connectivity index (χ2n) is 22.8. The SMILES string of the molecule is CC(C)[C@H]1CC[C@H]2[C@@H]3CC[C@@H]4C[C@H](C)CC[C@]4(C)[C@H]3C[C@H](C)[C@]12C.C[C@H](CCC(=O)O)[C@H]1CC[C@H]2[C@@H]3CC[C@@H]4C[C@H](O)CC[C@]4(C)[C@H]3C[C@H](O)[C@]12C. The van der Waals surface area contributed by atoms with Crippen LogP contribution in [-0.2, 0) is 4.79 Å². The molecule has 8 saturated carbocycles. The molecule has 3 N–H and O–H groups in total. The fourth-order valence-corrected chi connectivity index (χ4v) is 17.6. The highest BCUT2D eigenvalue weighted by atomic mass is 16.4. The zero-order chi connectivity index (χ0) is 37.5. The molecule has 52 heavy (non-hydrogen) atoms. The fourth-order valence-electron chi connectivity index (χ4n) is 17.6. The Bertz CT molecular complexity index is 1280. The first-order valence-electron chi connectivity index (χ1n) is 23.0. The van der Waals surface area contributed by atoms with Crippen molar-refractivity contribution in [2.24, 2.45) is 105 Å². The van der Waals surface area contributed by atoms with Crippen LogP contribution in [-0.4, -0.2) is 33.5 Å². The molecule has 0 bridgehead atoms. The molecule has 0 spiro atoms. The van der Waals surface area contributed by atoms with Crippen LogP contribution in [0.25, 0.3) is 0 Å². The number of rotatable bonds is 5. The highest BCUT2D eigenvalue weighted by molar-refractivity contribution is 5.66. The number of carbonyl (C=O) groups is 1. The van der Waals surface area contributed by atoms with Crippen molar-refractivity contribution in [1.82, 2.24) is 0 Å². The van der Waals surface area contributed by atoms with Crippen molar-refractivity contribution < 1.29 is 20.1 Å². The molecule has 298 valence electrons. The number of aliphatic carboxylic acids is 1. The van der Waals surface area contributed by atoms with E-state index in [1.54, 1.807) is 25.7 Å². The minimum absolute atomic E-state index is 0.0591. The standard InChI is InChI=1S/C24H40O4.C24H42/c1-14(4-9-22(27)28)18-7-8-19-17-6-5-15-12-16(25)10-11-23(15,2)20(17)13-21(26)24(18,19)3;1-15(2)20-9-10-21-19-8-7-18-13-16(3)11-12-23(18,5)22(19)14-17(4)24(20,21)6/h14-21,25-26H,4-13H2,1-3H3,(H,27,28);15-22H,7-14H2,1-6H3/t14-,15-,16-,17+,18-,19+,20+,21+,23+,24-;16-,17+,18-,19+,20-,21+,22+,23+,24-/m11/s1. The van der Waals surface area contributed by atoms with E-state index < -0.39 is 5.97 Å². The maximum absolute atomic E-state index is 11.5. The van der Waals surface area contributed by atoms with Crippen molar-refractivity contribution in [3.63, 3.8) is 0 Å². The van der Waals surface area contributed by atoms with Crippen LogP contribution >= 0.6 is 0 Å². The van der Waals surface area contributed by atoms with Crippen molar-refractivity contribution in [3.8, 4) is 0 Å². The molecular weight excluding hydrogens is 641 g/mol. The Morgan fingerprint density at radius 2 is 1.19 bits per heavy atom. The minimum atomic E-state index is -0.707. The van der Waals surface area contributed by atoms with E-state index in [0.29, 0.717) is 46.3 Å². The number of carboxylic acid groups (broad SMARTS) is 1.